The van der Waals surface area contributed by atoms with Crippen LogP contribution in [0.15, 0.2) is 148 Å². The third-order valence-electron chi connectivity index (χ3n) is 6.17. The molecule has 0 aromatic heterocycles. The molecule has 4 aromatic rings. The summed E-state index contributed by atoms with van der Waals surface area (Å²) in [6.45, 7) is 14.6. The van der Waals surface area contributed by atoms with Gasteiger partial charge in [-0.1, -0.05) is 74.8 Å². The van der Waals surface area contributed by atoms with E-state index in [4.69, 9.17) is 18.9 Å². The first-order chi connectivity index (χ1) is 18.7. The van der Waals surface area contributed by atoms with Crippen molar-refractivity contribution in [2.45, 2.75) is 11.8 Å². The Morgan fingerprint density at radius 1 is 0.342 bits per heavy atom. The minimum absolute atomic E-state index is 0.0390. The zero-order valence-corrected chi connectivity index (χ0v) is 21.2. The van der Waals surface area contributed by atoms with E-state index in [-0.39, 0.29) is 11.8 Å². The standard InChI is InChI=1S/C34H30O4/c1-5-35-29-17-9-25(10-18-29)33(26-11-19-30(20-12-26)36-6-2)34(27-13-21-31(22-14-27)37-7-3)28-15-23-32(24-16-28)38-8-4/h5-24,33-34H,1-4H2. The number of hydrogen-bond acceptors (Lipinski definition) is 4. The second-order valence-corrected chi connectivity index (χ2v) is 8.37. The maximum absolute atomic E-state index is 5.49. The Bertz CT molecular complexity index is 1140. The van der Waals surface area contributed by atoms with Crippen LogP contribution in [0.25, 0.3) is 0 Å². The zero-order valence-electron chi connectivity index (χ0n) is 21.2. The molecule has 190 valence electrons. The van der Waals surface area contributed by atoms with Gasteiger partial charge in [-0.05, 0) is 70.8 Å². The first-order valence-corrected chi connectivity index (χ1v) is 12.2. The van der Waals surface area contributed by atoms with Crippen molar-refractivity contribution >= 4 is 0 Å². The molecule has 0 radical (unpaired) electrons. The summed E-state index contributed by atoms with van der Waals surface area (Å²) in [5, 5.41) is 0. The molecule has 0 unspecified atom stereocenters. The number of benzene rings is 4. The third kappa shape index (κ3) is 6.23. The number of rotatable bonds is 13. The third-order valence-corrected chi connectivity index (χ3v) is 6.17. The van der Waals surface area contributed by atoms with E-state index in [0.29, 0.717) is 0 Å². The van der Waals surface area contributed by atoms with E-state index in [1.807, 2.05) is 48.5 Å². The van der Waals surface area contributed by atoms with Gasteiger partial charge < -0.3 is 18.9 Å². The van der Waals surface area contributed by atoms with E-state index < -0.39 is 0 Å². The van der Waals surface area contributed by atoms with Crippen LogP contribution in [0.5, 0.6) is 23.0 Å². The normalized spacial score (nSPS) is 10.5. The summed E-state index contributed by atoms with van der Waals surface area (Å²) >= 11 is 0. The fourth-order valence-electron chi connectivity index (χ4n) is 4.55. The Kier molecular flexibility index (Phi) is 8.82. The van der Waals surface area contributed by atoms with Gasteiger partial charge in [-0.15, -0.1) is 0 Å². The molecule has 4 aromatic carbocycles. The molecule has 0 N–H and O–H groups in total. The summed E-state index contributed by atoms with van der Waals surface area (Å²) < 4.78 is 21.9. The topological polar surface area (TPSA) is 36.9 Å². The fourth-order valence-corrected chi connectivity index (χ4v) is 4.55. The first kappa shape index (κ1) is 26.1. The van der Waals surface area contributed by atoms with Gasteiger partial charge in [0.05, 0.1) is 25.0 Å². The monoisotopic (exact) mass is 502 g/mol. The first-order valence-electron chi connectivity index (χ1n) is 12.2. The van der Waals surface area contributed by atoms with E-state index in [2.05, 4.69) is 74.8 Å². The van der Waals surface area contributed by atoms with Crippen molar-refractivity contribution in [3.05, 3.63) is 171 Å². The lowest BCUT2D eigenvalue weighted by Crippen LogP contribution is -2.15. The Morgan fingerprint density at radius 2 is 0.526 bits per heavy atom. The van der Waals surface area contributed by atoms with Gasteiger partial charge in [0.1, 0.15) is 23.0 Å². The average Bonchev–Trinajstić information content (AvgIpc) is 2.95. The molecular formula is C34H30O4. The van der Waals surface area contributed by atoms with Crippen LogP contribution in [0, 0.1) is 0 Å². The molecule has 0 atom stereocenters. The van der Waals surface area contributed by atoms with Crippen molar-refractivity contribution in [3.8, 4) is 23.0 Å². The summed E-state index contributed by atoms with van der Waals surface area (Å²) in [6.07, 6.45) is 5.70. The molecule has 38 heavy (non-hydrogen) atoms. The van der Waals surface area contributed by atoms with Crippen molar-refractivity contribution in [2.24, 2.45) is 0 Å². The smallest absolute Gasteiger partial charge is 0.126 e. The summed E-state index contributed by atoms with van der Waals surface area (Å²) in [6, 6.07) is 32.4. The lowest BCUT2D eigenvalue weighted by Gasteiger charge is -2.30. The molecule has 0 saturated heterocycles. The van der Waals surface area contributed by atoms with E-state index in [1.54, 1.807) is 0 Å². The Hall–Kier alpha value is -4.96. The van der Waals surface area contributed by atoms with Crippen molar-refractivity contribution in [1.82, 2.24) is 0 Å². The summed E-state index contributed by atoms with van der Waals surface area (Å²) in [4.78, 5) is 0. The average molecular weight is 503 g/mol. The highest BCUT2D eigenvalue weighted by molar-refractivity contribution is 5.48. The largest absolute Gasteiger partial charge is 0.466 e. The number of hydrogen-bond donors (Lipinski definition) is 0. The SMILES string of the molecule is C=COc1ccc(C(c2ccc(OC=C)cc2)C(c2ccc(OC=C)cc2)c2ccc(OC=C)cc2)cc1. The lowest BCUT2D eigenvalue weighted by molar-refractivity contribution is 0.481. The molecule has 0 bridgehead atoms. The van der Waals surface area contributed by atoms with Crippen LogP contribution in [0.2, 0.25) is 0 Å². The molecule has 0 fully saturated rings. The van der Waals surface area contributed by atoms with E-state index in [0.717, 1.165) is 45.3 Å². The second kappa shape index (κ2) is 12.8. The molecule has 0 spiro atoms. The van der Waals surface area contributed by atoms with Crippen LogP contribution in [0.4, 0.5) is 0 Å². The Labute approximate surface area is 224 Å². The van der Waals surface area contributed by atoms with Crippen LogP contribution in [0.3, 0.4) is 0 Å². The van der Waals surface area contributed by atoms with E-state index >= 15 is 0 Å². The molecule has 0 aliphatic carbocycles. The summed E-state index contributed by atoms with van der Waals surface area (Å²) in [5.41, 5.74) is 4.51. The molecule has 0 aliphatic heterocycles. The van der Waals surface area contributed by atoms with Crippen LogP contribution in [-0.4, -0.2) is 0 Å². The molecule has 0 heterocycles. The van der Waals surface area contributed by atoms with Crippen LogP contribution in [0.1, 0.15) is 34.1 Å². The highest BCUT2D eigenvalue weighted by Gasteiger charge is 2.28. The Morgan fingerprint density at radius 3 is 0.684 bits per heavy atom. The van der Waals surface area contributed by atoms with Crippen molar-refractivity contribution in [1.29, 1.82) is 0 Å². The van der Waals surface area contributed by atoms with Crippen LogP contribution >= 0.6 is 0 Å². The maximum atomic E-state index is 5.49. The van der Waals surface area contributed by atoms with Gasteiger partial charge in [0.25, 0.3) is 0 Å². The van der Waals surface area contributed by atoms with Crippen LogP contribution in [-0.2, 0) is 0 Å². The predicted octanol–water partition coefficient (Wildman–Crippen LogP) is 8.74. The van der Waals surface area contributed by atoms with Gasteiger partial charge in [-0.2, -0.15) is 0 Å². The van der Waals surface area contributed by atoms with E-state index in [9.17, 15) is 0 Å². The molecule has 4 rings (SSSR count). The van der Waals surface area contributed by atoms with Gasteiger partial charge in [-0.25, -0.2) is 0 Å². The number of ether oxygens (including phenoxy) is 4. The van der Waals surface area contributed by atoms with Gasteiger partial charge in [0.2, 0.25) is 0 Å². The van der Waals surface area contributed by atoms with Crippen molar-refractivity contribution in [2.75, 3.05) is 0 Å². The van der Waals surface area contributed by atoms with Gasteiger partial charge in [-0.3, -0.25) is 0 Å². The summed E-state index contributed by atoms with van der Waals surface area (Å²) in [7, 11) is 0. The van der Waals surface area contributed by atoms with Crippen molar-refractivity contribution in [3.63, 3.8) is 0 Å². The fraction of sp³-hybridized carbons (Fsp3) is 0.0588. The zero-order chi connectivity index (χ0) is 26.7. The minimum atomic E-state index is -0.0390. The molecule has 4 nitrogen and oxygen atoms in total. The molecule has 0 saturated carbocycles. The second-order valence-electron chi connectivity index (χ2n) is 8.37. The van der Waals surface area contributed by atoms with E-state index in [1.165, 1.54) is 25.0 Å². The highest BCUT2D eigenvalue weighted by atomic mass is 16.5. The molecule has 4 heteroatoms. The lowest BCUT2D eigenvalue weighted by atomic mass is 9.73. The quantitative estimate of drug-likeness (QED) is 0.171. The minimum Gasteiger partial charge on any atom is -0.466 e. The summed E-state index contributed by atoms with van der Waals surface area (Å²) in [5.74, 6) is 2.83. The highest BCUT2D eigenvalue weighted by Crippen LogP contribution is 2.44. The van der Waals surface area contributed by atoms with Gasteiger partial charge in [0.15, 0.2) is 0 Å². The van der Waals surface area contributed by atoms with Crippen LogP contribution < -0.4 is 18.9 Å². The maximum Gasteiger partial charge on any atom is 0.126 e. The van der Waals surface area contributed by atoms with Gasteiger partial charge >= 0.3 is 0 Å². The molecule has 0 amide bonds. The molecule has 0 aliphatic rings. The van der Waals surface area contributed by atoms with Crippen molar-refractivity contribution < 1.29 is 18.9 Å². The van der Waals surface area contributed by atoms with Gasteiger partial charge in [0, 0.05) is 11.8 Å². The predicted molar refractivity (Wildman–Crippen MR) is 153 cm³/mol. The molecular weight excluding hydrogens is 472 g/mol. The Balaban J connectivity index is 1.88.